The number of phenols is 1. The van der Waals surface area contributed by atoms with E-state index in [0.29, 0.717) is 24.0 Å². The first-order valence-electron chi connectivity index (χ1n) is 18.8. The van der Waals surface area contributed by atoms with Crippen molar-refractivity contribution in [3.63, 3.8) is 0 Å². The van der Waals surface area contributed by atoms with Crippen LogP contribution in [0, 0.1) is 17.7 Å². The van der Waals surface area contributed by atoms with E-state index in [1.807, 2.05) is 0 Å². The molecule has 0 spiro atoms. The molecule has 4 amide bonds. The highest BCUT2D eigenvalue weighted by atomic mass is 19.1. The first-order valence-corrected chi connectivity index (χ1v) is 18.8. The number of Topliss-reactive ketones (excluding diaryl/α,β-unsaturated/α-hetero) is 1. The summed E-state index contributed by atoms with van der Waals surface area (Å²) in [5, 5.41) is 36.8. The number of hydrazine groups is 1. The SMILES string of the molecule is CC(=O)CC[C@H]1C(=O)N[C@@H](C(C)C)C(=O)N[C@@H](Cc2cc(O)cc(F)c2)C(=O)N2CCCC(N2)C(=O)O[C@H](/C(C)=C/C=C/C(=O)NO)C/C=C/C=C/C=C(\C)[C@H]1O. The van der Waals surface area contributed by atoms with Crippen LogP contribution in [-0.2, 0) is 39.9 Å². The van der Waals surface area contributed by atoms with Crippen LogP contribution in [0.3, 0.4) is 0 Å². The summed E-state index contributed by atoms with van der Waals surface area (Å²) < 4.78 is 20.3. The first kappa shape index (κ1) is 45.9. The van der Waals surface area contributed by atoms with Crippen LogP contribution in [0.5, 0.6) is 5.75 Å². The lowest BCUT2D eigenvalue weighted by molar-refractivity contribution is -0.156. The number of phenolic OH excluding ortho intramolecular Hbond substituents is 1. The van der Waals surface area contributed by atoms with Gasteiger partial charge in [0.25, 0.3) is 11.8 Å². The van der Waals surface area contributed by atoms with Crippen LogP contribution < -0.4 is 21.5 Å². The number of fused-ring (bicyclic) bond motifs is 2. The predicted octanol–water partition coefficient (Wildman–Crippen LogP) is 2.92. The van der Waals surface area contributed by atoms with Gasteiger partial charge in [0.05, 0.1) is 12.0 Å². The highest BCUT2D eigenvalue weighted by molar-refractivity contribution is 5.93. The number of benzene rings is 1. The third-order valence-corrected chi connectivity index (χ3v) is 9.52. The Morgan fingerprint density at radius 3 is 2.47 bits per heavy atom. The fourth-order valence-corrected chi connectivity index (χ4v) is 6.29. The second kappa shape index (κ2) is 22.3. The fourth-order valence-electron chi connectivity index (χ4n) is 6.29. The number of nitrogens with zero attached hydrogens (tertiary/aromatic N) is 1. The van der Waals surface area contributed by atoms with Gasteiger partial charge in [-0.1, -0.05) is 56.4 Å². The molecule has 1 aromatic carbocycles. The first-order chi connectivity index (χ1) is 27.0. The van der Waals surface area contributed by atoms with E-state index in [9.17, 15) is 43.4 Å². The molecule has 2 aliphatic heterocycles. The molecule has 6 atom stereocenters. The van der Waals surface area contributed by atoms with Crippen molar-refractivity contribution in [1.82, 2.24) is 26.5 Å². The summed E-state index contributed by atoms with van der Waals surface area (Å²) in [6, 6.07) is -0.337. The number of hydrogen-bond acceptors (Lipinski definition) is 11. The quantitative estimate of drug-likeness (QED) is 0.0633. The Morgan fingerprint density at radius 2 is 1.81 bits per heavy atom. The van der Waals surface area contributed by atoms with Gasteiger partial charge in [0.1, 0.15) is 41.6 Å². The number of amides is 4. The molecule has 0 saturated carbocycles. The van der Waals surface area contributed by atoms with E-state index in [1.54, 1.807) is 64.2 Å². The largest absolute Gasteiger partial charge is 0.508 e. The molecule has 1 saturated heterocycles. The van der Waals surface area contributed by atoms with E-state index >= 15 is 0 Å². The number of halogens is 1. The Bertz CT molecular complexity index is 1770. The number of aromatic hydroxyl groups is 1. The fraction of sp³-hybridized carbons (Fsp3) is 0.463. The van der Waals surface area contributed by atoms with E-state index in [0.717, 1.165) is 18.2 Å². The maximum atomic E-state index is 14.4. The van der Waals surface area contributed by atoms with Gasteiger partial charge in [-0.15, -0.1) is 0 Å². The van der Waals surface area contributed by atoms with Gasteiger partial charge in [0.2, 0.25) is 11.8 Å². The maximum Gasteiger partial charge on any atom is 0.325 e. The van der Waals surface area contributed by atoms with E-state index in [2.05, 4.69) is 16.1 Å². The van der Waals surface area contributed by atoms with Crippen LogP contribution in [-0.4, -0.2) is 92.7 Å². The summed E-state index contributed by atoms with van der Waals surface area (Å²) in [4.78, 5) is 79.1. The predicted molar refractivity (Wildman–Crippen MR) is 207 cm³/mol. The molecule has 2 bridgehead atoms. The van der Waals surface area contributed by atoms with E-state index in [-0.39, 0.29) is 43.6 Å². The van der Waals surface area contributed by atoms with Crippen molar-refractivity contribution < 1.29 is 53.3 Å². The molecule has 7 N–H and O–H groups in total. The number of cyclic esters (lactones) is 1. The van der Waals surface area contributed by atoms with Gasteiger partial charge in [-0.3, -0.25) is 34.2 Å². The zero-order valence-corrected chi connectivity index (χ0v) is 32.9. The number of hydroxylamine groups is 1. The van der Waals surface area contributed by atoms with Crippen LogP contribution in [0.1, 0.15) is 72.3 Å². The van der Waals surface area contributed by atoms with Crippen molar-refractivity contribution in [2.24, 2.45) is 11.8 Å². The molecule has 0 radical (unpaired) electrons. The molecule has 1 unspecified atom stereocenters. The summed E-state index contributed by atoms with van der Waals surface area (Å²) >= 11 is 0. The molecular formula is C41H54FN5O10. The van der Waals surface area contributed by atoms with Crippen LogP contribution >= 0.6 is 0 Å². The number of aliphatic hydroxyl groups excluding tert-OH is 1. The number of ketones is 1. The van der Waals surface area contributed by atoms with Gasteiger partial charge >= 0.3 is 5.97 Å². The van der Waals surface area contributed by atoms with Crippen LogP contribution in [0.2, 0.25) is 0 Å². The number of ether oxygens (including phenoxy) is 1. The Hall–Kier alpha value is -5.45. The van der Waals surface area contributed by atoms with Crippen molar-refractivity contribution in [2.45, 2.75) is 103 Å². The molecule has 1 fully saturated rings. The molecule has 16 heteroatoms. The number of esters is 1. The summed E-state index contributed by atoms with van der Waals surface area (Å²) in [6.45, 7) is 8.15. The van der Waals surface area contributed by atoms with Crippen molar-refractivity contribution in [2.75, 3.05) is 6.54 Å². The van der Waals surface area contributed by atoms with Crippen molar-refractivity contribution in [3.8, 4) is 5.75 Å². The highest BCUT2D eigenvalue weighted by Crippen LogP contribution is 2.22. The Kier molecular flexibility index (Phi) is 18.0. The molecule has 3 rings (SSSR count). The minimum atomic E-state index is -1.38. The molecule has 15 nitrogen and oxygen atoms in total. The molecule has 0 aliphatic carbocycles. The summed E-state index contributed by atoms with van der Waals surface area (Å²) in [6.07, 6.45) is 10.7. The van der Waals surface area contributed by atoms with Crippen molar-refractivity contribution >= 4 is 35.4 Å². The number of carbonyl (C=O) groups is 6. The van der Waals surface area contributed by atoms with Gasteiger partial charge < -0.3 is 30.4 Å². The van der Waals surface area contributed by atoms with Crippen molar-refractivity contribution in [3.05, 3.63) is 89.3 Å². The lowest BCUT2D eigenvalue weighted by Gasteiger charge is -2.36. The Morgan fingerprint density at radius 1 is 1.07 bits per heavy atom. The molecule has 2 heterocycles. The van der Waals surface area contributed by atoms with Crippen LogP contribution in [0.4, 0.5) is 4.39 Å². The van der Waals surface area contributed by atoms with Gasteiger partial charge in [0, 0.05) is 37.9 Å². The topological polar surface area (TPSA) is 224 Å². The summed E-state index contributed by atoms with van der Waals surface area (Å²) in [5.41, 5.74) is 5.52. The van der Waals surface area contributed by atoms with E-state index in [4.69, 9.17) is 9.94 Å². The molecular weight excluding hydrogens is 741 g/mol. The summed E-state index contributed by atoms with van der Waals surface area (Å²) in [5.74, 6) is -6.59. The number of rotatable bonds is 9. The Labute approximate surface area is 331 Å². The zero-order valence-electron chi connectivity index (χ0n) is 32.9. The van der Waals surface area contributed by atoms with Gasteiger partial charge in [-0.2, -0.15) is 0 Å². The lowest BCUT2D eigenvalue weighted by Crippen LogP contribution is -2.62. The third-order valence-electron chi connectivity index (χ3n) is 9.52. The standard InChI is InChI=1S/C41H54FN5O10/c1-24(2)36-39(53)43-33(22-28-20-29(42)23-30(49)21-28)40(54)47-19-11-14-32(45-47)41(55)57-34(25(3)13-10-16-35(50)46-56)15-9-7-6-8-12-26(4)37(51)31(38(52)44-36)18-17-27(5)48/h6-10,12-13,16,20-21,23-24,31-34,36-37,45,49,51,56H,11,14-15,17-19,22H2,1-5H3,(H,43,53)(H,44,52)(H,46,50)/b8-6+,9-7+,16-10+,25-13+,26-12+/t31-,32?,33+,34+,36+,37-/m1/s1. The van der Waals surface area contributed by atoms with E-state index in [1.165, 1.54) is 29.6 Å². The molecule has 0 aromatic heterocycles. The molecule has 310 valence electrons. The maximum absolute atomic E-state index is 14.4. The van der Waals surface area contributed by atoms with Gasteiger partial charge in [-0.25, -0.2) is 15.3 Å². The van der Waals surface area contributed by atoms with Crippen LogP contribution in [0.15, 0.2) is 78.0 Å². The third kappa shape index (κ3) is 14.5. The van der Waals surface area contributed by atoms with Gasteiger partial charge in [-0.05, 0) is 74.8 Å². The molecule has 1 aromatic rings. The normalized spacial score (nSPS) is 26.9. The second-order valence-electron chi connectivity index (χ2n) is 14.5. The number of allylic oxidation sites excluding steroid dienone is 6. The second-order valence-corrected chi connectivity index (χ2v) is 14.5. The number of hydrogen-bond donors (Lipinski definition) is 7. The highest BCUT2D eigenvalue weighted by Gasteiger charge is 2.37. The lowest BCUT2D eigenvalue weighted by atomic mass is 9.89. The molecule has 2 aliphatic rings. The zero-order chi connectivity index (χ0) is 42.2. The van der Waals surface area contributed by atoms with E-state index < -0.39 is 83.3 Å². The van der Waals surface area contributed by atoms with Crippen molar-refractivity contribution in [1.29, 1.82) is 0 Å². The smallest absolute Gasteiger partial charge is 0.325 e. The minimum Gasteiger partial charge on any atom is -0.508 e. The van der Waals surface area contributed by atoms with Crippen LogP contribution in [0.25, 0.3) is 0 Å². The minimum absolute atomic E-state index is 0.00947. The molecule has 57 heavy (non-hydrogen) atoms. The number of nitrogens with one attached hydrogen (secondary N) is 4. The average Bonchev–Trinajstić information content (AvgIpc) is 3.15. The van der Waals surface area contributed by atoms with Gasteiger partial charge in [0.15, 0.2) is 0 Å². The Balaban J connectivity index is 2.09. The summed E-state index contributed by atoms with van der Waals surface area (Å²) in [7, 11) is 0. The number of carbonyl (C=O) groups excluding carboxylic acids is 6. The average molecular weight is 796 g/mol. The number of aliphatic hydroxyl groups is 1. The monoisotopic (exact) mass is 795 g/mol.